The van der Waals surface area contributed by atoms with Gasteiger partial charge >= 0.3 is 0 Å². The summed E-state index contributed by atoms with van der Waals surface area (Å²) in [5.41, 5.74) is -0.708. The first-order valence-electron chi connectivity index (χ1n) is 4.64. The summed E-state index contributed by atoms with van der Waals surface area (Å²) in [7, 11) is 0. The molecule has 1 rings (SSSR count). The molecule has 0 aromatic heterocycles. The fourth-order valence-electron chi connectivity index (χ4n) is 0.578. The molecule has 0 aliphatic carbocycles. The predicted octanol–water partition coefficient (Wildman–Crippen LogP) is 0.362. The first-order chi connectivity index (χ1) is 7.08. The average molecular weight is 214 g/mol. The second kappa shape index (κ2) is 7.23. The fraction of sp³-hybridized carbons (Fsp3) is 0.455. The van der Waals surface area contributed by atoms with Crippen LogP contribution in [0.4, 0.5) is 0 Å². The molecule has 4 heteroatoms. The van der Waals surface area contributed by atoms with Crippen LogP contribution in [0.3, 0.4) is 0 Å². The molecule has 4 nitrogen and oxygen atoms in total. The van der Waals surface area contributed by atoms with Crippen LogP contribution >= 0.6 is 0 Å². The van der Waals surface area contributed by atoms with Crippen molar-refractivity contribution in [3.63, 3.8) is 0 Å². The van der Waals surface area contributed by atoms with E-state index in [0.717, 1.165) is 0 Å². The molecule has 4 N–H and O–H groups in total. The predicted molar refractivity (Wildman–Crippen MR) is 57.5 cm³/mol. The van der Waals surface area contributed by atoms with Gasteiger partial charge in [-0.25, -0.2) is 0 Å². The molecule has 86 valence electrons. The highest BCUT2D eigenvalue weighted by Crippen LogP contribution is 2.10. The molecule has 0 atom stereocenters. The zero-order valence-corrected chi connectivity index (χ0v) is 8.80. The van der Waals surface area contributed by atoms with E-state index in [1.807, 2.05) is 6.07 Å². The summed E-state index contributed by atoms with van der Waals surface area (Å²) in [5, 5.41) is 34.0. The minimum atomic E-state index is -0.708. The first kappa shape index (κ1) is 13.9. The molecule has 0 fully saturated rings. The molecule has 15 heavy (non-hydrogen) atoms. The van der Waals surface area contributed by atoms with Gasteiger partial charge in [0.25, 0.3) is 0 Å². The van der Waals surface area contributed by atoms with Crippen LogP contribution in [0.1, 0.15) is 6.92 Å². The van der Waals surface area contributed by atoms with E-state index in [9.17, 15) is 0 Å². The average Bonchev–Trinajstić information content (AvgIpc) is 2.30. The van der Waals surface area contributed by atoms with Gasteiger partial charge in [0.1, 0.15) is 5.75 Å². The molecule has 0 saturated heterocycles. The lowest BCUT2D eigenvalue weighted by Gasteiger charge is -2.20. The van der Waals surface area contributed by atoms with E-state index in [1.54, 1.807) is 31.2 Å². The number of hydrogen-bond acceptors (Lipinski definition) is 4. The lowest BCUT2D eigenvalue weighted by Crippen LogP contribution is -2.29. The molecular weight excluding hydrogens is 196 g/mol. The third-order valence-electron chi connectivity index (χ3n) is 1.90. The molecule has 0 radical (unpaired) electrons. The van der Waals surface area contributed by atoms with Crippen molar-refractivity contribution in [2.75, 3.05) is 19.8 Å². The van der Waals surface area contributed by atoms with Crippen LogP contribution in [0.25, 0.3) is 0 Å². The van der Waals surface area contributed by atoms with Gasteiger partial charge in [-0.1, -0.05) is 25.1 Å². The van der Waals surface area contributed by atoms with Gasteiger partial charge in [-0.05, 0) is 12.1 Å². The first-order valence-corrected chi connectivity index (χ1v) is 4.64. The number of aliphatic hydroxyl groups excluding tert-OH is 3. The maximum atomic E-state index is 8.63. The second-order valence-electron chi connectivity index (χ2n) is 3.62. The highest BCUT2D eigenvalue weighted by molar-refractivity contribution is 5.18. The zero-order chi connectivity index (χ0) is 11.7. The number of phenolic OH excluding ortho intramolecular Hbond substituents is 1. The van der Waals surface area contributed by atoms with Crippen molar-refractivity contribution in [3.8, 4) is 5.75 Å². The summed E-state index contributed by atoms with van der Waals surface area (Å²) in [4.78, 5) is 0. The highest BCUT2D eigenvalue weighted by Gasteiger charge is 2.20. The quantitative estimate of drug-likeness (QED) is 0.585. The molecule has 0 unspecified atom stereocenters. The Kier molecular flexibility index (Phi) is 6.70. The number of para-hydroxylation sites is 1. The Morgan fingerprint density at radius 3 is 1.47 bits per heavy atom. The number of benzene rings is 1. The Balaban J connectivity index is 0.000000262. The van der Waals surface area contributed by atoms with E-state index in [0.29, 0.717) is 5.75 Å². The summed E-state index contributed by atoms with van der Waals surface area (Å²) in [6.45, 7) is 1.06. The van der Waals surface area contributed by atoms with Crippen molar-refractivity contribution >= 4 is 0 Å². The topological polar surface area (TPSA) is 80.9 Å². The minimum Gasteiger partial charge on any atom is -0.508 e. The maximum absolute atomic E-state index is 8.63. The van der Waals surface area contributed by atoms with Crippen LogP contribution in [0, 0.1) is 5.41 Å². The van der Waals surface area contributed by atoms with Crippen LogP contribution in [-0.4, -0.2) is 40.2 Å². The maximum Gasteiger partial charge on any atom is 0.115 e. The Labute approximate surface area is 89.4 Å². The number of aromatic hydroxyl groups is 1. The van der Waals surface area contributed by atoms with Gasteiger partial charge < -0.3 is 20.4 Å². The Morgan fingerprint density at radius 2 is 1.33 bits per heavy atom. The van der Waals surface area contributed by atoms with Crippen molar-refractivity contribution in [1.29, 1.82) is 0 Å². The van der Waals surface area contributed by atoms with E-state index in [2.05, 4.69) is 0 Å². The summed E-state index contributed by atoms with van der Waals surface area (Å²) in [5.74, 6) is 0.322. The number of aliphatic hydroxyl groups is 3. The van der Waals surface area contributed by atoms with Crippen molar-refractivity contribution in [2.45, 2.75) is 6.92 Å². The third kappa shape index (κ3) is 6.06. The van der Waals surface area contributed by atoms with Gasteiger partial charge in [-0.3, -0.25) is 0 Å². The van der Waals surface area contributed by atoms with E-state index < -0.39 is 5.41 Å². The Bertz CT molecular complexity index is 236. The van der Waals surface area contributed by atoms with Crippen molar-refractivity contribution in [2.24, 2.45) is 5.41 Å². The molecule has 1 aromatic carbocycles. The third-order valence-corrected chi connectivity index (χ3v) is 1.90. The monoisotopic (exact) mass is 214 g/mol. The summed E-state index contributed by atoms with van der Waals surface area (Å²) < 4.78 is 0. The van der Waals surface area contributed by atoms with E-state index in [1.165, 1.54) is 0 Å². The molecule has 1 aromatic rings. The number of hydrogen-bond donors (Lipinski definition) is 4. The van der Waals surface area contributed by atoms with Crippen molar-refractivity contribution in [3.05, 3.63) is 30.3 Å². The van der Waals surface area contributed by atoms with Crippen LogP contribution in [0.5, 0.6) is 5.75 Å². The largest absolute Gasteiger partial charge is 0.508 e. The van der Waals surface area contributed by atoms with Crippen LogP contribution in [-0.2, 0) is 0 Å². The molecule has 0 saturated carbocycles. The standard InChI is InChI=1S/C6H6O.C5H12O3/c7-6-4-2-1-3-5-6;1-5(2-6,3-7)4-8/h1-5,7H;6-8H,2-4H2,1H3. The molecule has 0 amide bonds. The molecule has 0 bridgehead atoms. The molecule has 0 spiro atoms. The fourth-order valence-corrected chi connectivity index (χ4v) is 0.578. The highest BCUT2D eigenvalue weighted by atomic mass is 16.3. The number of phenols is 1. The lowest BCUT2D eigenvalue weighted by atomic mass is 9.95. The Morgan fingerprint density at radius 1 is 0.933 bits per heavy atom. The zero-order valence-electron chi connectivity index (χ0n) is 8.80. The molecule has 0 aliphatic heterocycles. The molecular formula is C11H18O4. The van der Waals surface area contributed by atoms with Gasteiger partial charge in [-0.15, -0.1) is 0 Å². The van der Waals surface area contributed by atoms with Crippen LogP contribution < -0.4 is 0 Å². The van der Waals surface area contributed by atoms with Gasteiger partial charge in [-0.2, -0.15) is 0 Å². The van der Waals surface area contributed by atoms with Crippen molar-refractivity contribution in [1.82, 2.24) is 0 Å². The van der Waals surface area contributed by atoms with E-state index >= 15 is 0 Å². The van der Waals surface area contributed by atoms with Crippen LogP contribution in [0.2, 0.25) is 0 Å². The van der Waals surface area contributed by atoms with E-state index in [4.69, 9.17) is 20.4 Å². The normalized spacial score (nSPS) is 10.4. The smallest absolute Gasteiger partial charge is 0.115 e. The van der Waals surface area contributed by atoms with Crippen molar-refractivity contribution < 1.29 is 20.4 Å². The SMILES string of the molecule is CC(CO)(CO)CO.Oc1ccccc1. The molecule has 0 heterocycles. The van der Waals surface area contributed by atoms with Gasteiger partial charge in [0, 0.05) is 5.41 Å². The van der Waals surface area contributed by atoms with Crippen LogP contribution in [0.15, 0.2) is 30.3 Å². The van der Waals surface area contributed by atoms with E-state index in [-0.39, 0.29) is 19.8 Å². The van der Waals surface area contributed by atoms with Gasteiger partial charge in [0.05, 0.1) is 19.8 Å². The summed E-state index contributed by atoms with van der Waals surface area (Å²) in [6.07, 6.45) is 0. The van der Waals surface area contributed by atoms with Gasteiger partial charge in [0.15, 0.2) is 0 Å². The lowest BCUT2D eigenvalue weighted by molar-refractivity contribution is 0.0200. The summed E-state index contributed by atoms with van der Waals surface area (Å²) >= 11 is 0. The number of rotatable bonds is 3. The minimum absolute atomic E-state index is 0.181. The Hall–Kier alpha value is -1.10. The molecule has 0 aliphatic rings. The summed E-state index contributed by atoms with van der Waals surface area (Å²) in [6, 6.07) is 8.71. The second-order valence-corrected chi connectivity index (χ2v) is 3.62. The van der Waals surface area contributed by atoms with Gasteiger partial charge in [0.2, 0.25) is 0 Å².